The third-order valence-corrected chi connectivity index (χ3v) is 3.91. The van der Waals surface area contributed by atoms with Gasteiger partial charge >= 0.3 is 0 Å². The number of carbonyl (C=O) groups is 1. The first-order valence-corrected chi connectivity index (χ1v) is 8.22. The Morgan fingerprint density at radius 2 is 2.12 bits per heavy atom. The predicted molar refractivity (Wildman–Crippen MR) is 93.4 cm³/mol. The van der Waals surface area contributed by atoms with Crippen molar-refractivity contribution in [3.63, 3.8) is 0 Å². The second-order valence-corrected chi connectivity index (χ2v) is 5.92. The van der Waals surface area contributed by atoms with Crippen LogP contribution in [0.2, 0.25) is 0 Å². The van der Waals surface area contributed by atoms with Crippen LogP contribution >= 0.6 is 0 Å². The van der Waals surface area contributed by atoms with Crippen LogP contribution in [0.1, 0.15) is 24.7 Å². The Hall–Kier alpha value is -2.96. The molecule has 1 unspecified atom stereocenters. The summed E-state index contributed by atoms with van der Waals surface area (Å²) in [5.74, 6) is 1.73. The highest BCUT2D eigenvalue weighted by Crippen LogP contribution is 2.13. The second kappa shape index (κ2) is 7.74. The number of ether oxygens (including phenoxy) is 1. The van der Waals surface area contributed by atoms with E-state index in [0.29, 0.717) is 11.6 Å². The minimum absolute atomic E-state index is 0.0739. The lowest BCUT2D eigenvalue weighted by molar-refractivity contribution is -0.121. The van der Waals surface area contributed by atoms with Crippen molar-refractivity contribution in [2.75, 3.05) is 7.11 Å². The molecule has 7 nitrogen and oxygen atoms in total. The fourth-order valence-electron chi connectivity index (χ4n) is 2.57. The molecule has 1 atom stereocenters. The van der Waals surface area contributed by atoms with Crippen molar-refractivity contribution in [1.82, 2.24) is 24.9 Å². The summed E-state index contributed by atoms with van der Waals surface area (Å²) in [5.41, 5.74) is 1.22. The average Bonchev–Trinajstić information content (AvgIpc) is 3.02. The normalized spacial score (nSPS) is 12.1. The zero-order valence-electron chi connectivity index (χ0n) is 14.3. The number of nitrogens with one attached hydrogen (secondary N) is 1. The molecule has 1 N–H and O–H groups in total. The van der Waals surface area contributed by atoms with E-state index in [1.54, 1.807) is 30.1 Å². The third kappa shape index (κ3) is 4.53. The second-order valence-electron chi connectivity index (χ2n) is 5.92. The standard InChI is InChI=1S/C18H21N5O2/c1-13(4-5-14-6-8-15(25-2)9-7-14)20-17(24)12-16-21-18-19-10-3-11-23(18)22-16/h3,6-11,13H,4-5,12H2,1-2H3,(H,20,24). The molecular weight excluding hydrogens is 318 g/mol. The summed E-state index contributed by atoms with van der Waals surface area (Å²) in [5, 5.41) is 7.23. The lowest BCUT2D eigenvalue weighted by atomic mass is 10.1. The molecule has 0 saturated carbocycles. The van der Waals surface area contributed by atoms with Crippen LogP contribution < -0.4 is 10.1 Å². The van der Waals surface area contributed by atoms with Crippen LogP contribution in [0.25, 0.3) is 5.78 Å². The lowest BCUT2D eigenvalue weighted by Crippen LogP contribution is -2.34. The minimum Gasteiger partial charge on any atom is -0.497 e. The Bertz CT molecular complexity index is 811. The number of amides is 1. The van der Waals surface area contributed by atoms with Crippen LogP contribution in [0.3, 0.4) is 0 Å². The SMILES string of the molecule is COc1ccc(CCC(C)NC(=O)Cc2nc3ncccn3n2)cc1. The van der Waals surface area contributed by atoms with E-state index >= 15 is 0 Å². The van der Waals surface area contributed by atoms with Crippen molar-refractivity contribution in [3.05, 3.63) is 54.1 Å². The first kappa shape index (κ1) is 16.9. The van der Waals surface area contributed by atoms with Crippen LogP contribution in [0.5, 0.6) is 5.75 Å². The van der Waals surface area contributed by atoms with Crippen LogP contribution in [-0.4, -0.2) is 38.6 Å². The van der Waals surface area contributed by atoms with Gasteiger partial charge in [-0.05, 0) is 43.5 Å². The number of methoxy groups -OCH3 is 1. The number of fused-ring (bicyclic) bond motifs is 1. The van der Waals surface area contributed by atoms with E-state index in [1.165, 1.54) is 5.56 Å². The maximum Gasteiger partial charge on any atom is 0.252 e. The monoisotopic (exact) mass is 339 g/mol. The highest BCUT2D eigenvalue weighted by Gasteiger charge is 2.12. The van der Waals surface area contributed by atoms with Crippen molar-refractivity contribution in [1.29, 1.82) is 0 Å². The van der Waals surface area contributed by atoms with Gasteiger partial charge in [0.1, 0.15) is 5.75 Å². The Balaban J connectivity index is 1.48. The van der Waals surface area contributed by atoms with E-state index in [2.05, 4.69) is 20.4 Å². The number of hydrogen-bond acceptors (Lipinski definition) is 5. The van der Waals surface area contributed by atoms with E-state index in [-0.39, 0.29) is 18.4 Å². The highest BCUT2D eigenvalue weighted by molar-refractivity contribution is 5.78. The number of hydrogen-bond donors (Lipinski definition) is 1. The predicted octanol–water partition coefficient (Wildman–Crippen LogP) is 1.81. The maximum atomic E-state index is 12.2. The summed E-state index contributed by atoms with van der Waals surface area (Å²) in [4.78, 5) is 20.5. The fourth-order valence-corrected chi connectivity index (χ4v) is 2.57. The summed E-state index contributed by atoms with van der Waals surface area (Å²) < 4.78 is 6.72. The molecule has 0 aliphatic rings. The van der Waals surface area contributed by atoms with Gasteiger partial charge in [0.25, 0.3) is 5.78 Å². The molecule has 0 bridgehead atoms. The summed E-state index contributed by atoms with van der Waals surface area (Å²) in [6, 6.07) is 9.82. The van der Waals surface area contributed by atoms with E-state index < -0.39 is 0 Å². The number of carbonyl (C=O) groups excluding carboxylic acids is 1. The number of nitrogens with zero attached hydrogens (tertiary/aromatic N) is 4. The molecular formula is C18H21N5O2. The molecule has 0 aliphatic carbocycles. The summed E-state index contributed by atoms with van der Waals surface area (Å²) in [6.45, 7) is 2.00. The summed E-state index contributed by atoms with van der Waals surface area (Å²) >= 11 is 0. The van der Waals surface area contributed by atoms with Crippen molar-refractivity contribution >= 4 is 11.7 Å². The average molecular weight is 339 g/mol. The van der Waals surface area contributed by atoms with Gasteiger partial charge in [-0.1, -0.05) is 12.1 Å². The minimum atomic E-state index is -0.0851. The zero-order valence-corrected chi connectivity index (χ0v) is 14.3. The molecule has 0 radical (unpaired) electrons. The first-order chi connectivity index (χ1) is 12.1. The smallest absolute Gasteiger partial charge is 0.252 e. The molecule has 0 spiro atoms. The van der Waals surface area contributed by atoms with Gasteiger partial charge in [-0.15, -0.1) is 5.10 Å². The molecule has 2 heterocycles. The third-order valence-electron chi connectivity index (χ3n) is 3.91. The quantitative estimate of drug-likeness (QED) is 0.710. The van der Waals surface area contributed by atoms with Gasteiger partial charge in [0, 0.05) is 18.4 Å². The zero-order chi connectivity index (χ0) is 17.6. The van der Waals surface area contributed by atoms with Crippen LogP contribution in [0.15, 0.2) is 42.7 Å². The Kier molecular flexibility index (Phi) is 5.23. The lowest BCUT2D eigenvalue weighted by Gasteiger charge is -2.13. The van der Waals surface area contributed by atoms with Crippen LogP contribution in [-0.2, 0) is 17.6 Å². The van der Waals surface area contributed by atoms with Gasteiger partial charge in [0.05, 0.1) is 13.5 Å². The van der Waals surface area contributed by atoms with Gasteiger partial charge in [-0.2, -0.15) is 4.98 Å². The van der Waals surface area contributed by atoms with E-state index in [1.807, 2.05) is 31.2 Å². The Morgan fingerprint density at radius 1 is 1.32 bits per heavy atom. The molecule has 7 heteroatoms. The van der Waals surface area contributed by atoms with Gasteiger partial charge in [0.15, 0.2) is 5.82 Å². The highest BCUT2D eigenvalue weighted by atomic mass is 16.5. The van der Waals surface area contributed by atoms with Crippen molar-refractivity contribution in [2.45, 2.75) is 32.2 Å². The van der Waals surface area contributed by atoms with Crippen molar-refractivity contribution in [3.8, 4) is 5.75 Å². The molecule has 3 rings (SSSR count). The van der Waals surface area contributed by atoms with E-state index in [0.717, 1.165) is 18.6 Å². The van der Waals surface area contributed by atoms with E-state index in [4.69, 9.17) is 4.74 Å². The molecule has 1 aromatic carbocycles. The molecule has 0 fully saturated rings. The fraction of sp³-hybridized carbons (Fsp3) is 0.333. The largest absolute Gasteiger partial charge is 0.497 e. The molecule has 130 valence electrons. The van der Waals surface area contributed by atoms with Gasteiger partial charge < -0.3 is 10.1 Å². The maximum absolute atomic E-state index is 12.2. The van der Waals surface area contributed by atoms with Crippen molar-refractivity contribution in [2.24, 2.45) is 0 Å². The Labute approximate surface area is 146 Å². The van der Waals surface area contributed by atoms with Gasteiger partial charge in [-0.25, -0.2) is 9.50 Å². The summed E-state index contributed by atoms with van der Waals surface area (Å²) in [6.07, 6.45) is 5.31. The molecule has 2 aromatic heterocycles. The van der Waals surface area contributed by atoms with Gasteiger partial charge in [-0.3, -0.25) is 4.79 Å². The molecule has 0 saturated heterocycles. The van der Waals surface area contributed by atoms with Crippen LogP contribution in [0, 0.1) is 0 Å². The number of benzene rings is 1. The Morgan fingerprint density at radius 3 is 2.84 bits per heavy atom. The summed E-state index contributed by atoms with van der Waals surface area (Å²) in [7, 11) is 1.65. The van der Waals surface area contributed by atoms with Gasteiger partial charge in [0.2, 0.25) is 5.91 Å². The number of rotatable bonds is 7. The topological polar surface area (TPSA) is 81.4 Å². The van der Waals surface area contributed by atoms with Crippen molar-refractivity contribution < 1.29 is 9.53 Å². The van der Waals surface area contributed by atoms with E-state index in [9.17, 15) is 4.79 Å². The molecule has 0 aliphatic heterocycles. The number of aryl methyl sites for hydroxylation is 1. The van der Waals surface area contributed by atoms with Crippen LogP contribution in [0.4, 0.5) is 0 Å². The molecule has 1 amide bonds. The first-order valence-electron chi connectivity index (χ1n) is 8.22. The molecule has 3 aromatic rings. The number of aromatic nitrogens is 4. The molecule has 25 heavy (non-hydrogen) atoms.